The first-order valence-corrected chi connectivity index (χ1v) is 5.67. The van der Waals surface area contributed by atoms with Crippen LogP contribution in [0.5, 0.6) is 0 Å². The first kappa shape index (κ1) is 11.4. The third-order valence-electron chi connectivity index (χ3n) is 3.05. The van der Waals surface area contributed by atoms with Gasteiger partial charge >= 0.3 is 0 Å². The molecule has 2 heterocycles. The summed E-state index contributed by atoms with van der Waals surface area (Å²) in [6.45, 7) is 5.35. The molecule has 0 bridgehead atoms. The number of β-amino-alcohol motifs (C(OH)–C–C–N with tert-alkyl or cyclic N) is 1. The molecule has 1 aromatic heterocycles. The van der Waals surface area contributed by atoms with Crippen LogP contribution >= 0.6 is 0 Å². The second-order valence-electron chi connectivity index (χ2n) is 4.90. The summed E-state index contributed by atoms with van der Waals surface area (Å²) >= 11 is 0. The maximum absolute atomic E-state index is 9.89. The number of nitrogens with two attached hydrogens (primary N) is 1. The van der Waals surface area contributed by atoms with Crippen LogP contribution in [0, 0.1) is 0 Å². The van der Waals surface area contributed by atoms with Crippen molar-refractivity contribution >= 4 is 5.69 Å². The highest BCUT2D eigenvalue weighted by Gasteiger charge is 2.31. The summed E-state index contributed by atoms with van der Waals surface area (Å²) in [5.74, 6) is 0. The van der Waals surface area contributed by atoms with Gasteiger partial charge in [0.05, 0.1) is 23.2 Å². The van der Waals surface area contributed by atoms with Gasteiger partial charge in [0.1, 0.15) is 0 Å². The van der Waals surface area contributed by atoms with Crippen LogP contribution in [0.15, 0.2) is 18.3 Å². The largest absolute Gasteiger partial charge is 0.388 e. The minimum Gasteiger partial charge on any atom is -0.388 e. The van der Waals surface area contributed by atoms with Gasteiger partial charge in [-0.25, -0.2) is 0 Å². The average Bonchev–Trinajstić information content (AvgIpc) is 2.59. The molecule has 1 aliphatic heterocycles. The first-order chi connectivity index (χ1) is 7.48. The number of pyridine rings is 1. The van der Waals surface area contributed by atoms with E-state index in [2.05, 4.69) is 9.88 Å². The van der Waals surface area contributed by atoms with Crippen LogP contribution in [0.2, 0.25) is 0 Å². The average molecular weight is 221 g/mol. The summed E-state index contributed by atoms with van der Waals surface area (Å²) in [5.41, 5.74) is 7.13. The molecule has 1 aliphatic rings. The number of hydrogen-bond acceptors (Lipinski definition) is 4. The molecule has 88 valence electrons. The second-order valence-corrected chi connectivity index (χ2v) is 4.90. The van der Waals surface area contributed by atoms with Crippen LogP contribution < -0.4 is 10.6 Å². The van der Waals surface area contributed by atoms with Crippen LogP contribution in [0.25, 0.3) is 0 Å². The van der Waals surface area contributed by atoms with Crippen LogP contribution in [-0.2, 0) is 0 Å². The molecule has 0 spiro atoms. The topological polar surface area (TPSA) is 62.4 Å². The highest BCUT2D eigenvalue weighted by molar-refractivity contribution is 5.46. The van der Waals surface area contributed by atoms with Crippen molar-refractivity contribution in [3.63, 3.8) is 0 Å². The lowest BCUT2D eigenvalue weighted by molar-refractivity contribution is 0.0839. The molecular weight excluding hydrogens is 202 g/mol. The number of aliphatic hydroxyl groups is 1. The standard InChI is InChI=1S/C12H19N3O/c1-9(13)11-4-3-10(7-14-11)15-6-5-12(2,16)8-15/h3-4,7,9,16H,5-6,8,13H2,1-2H3. The molecule has 0 aliphatic carbocycles. The Morgan fingerprint density at radius 2 is 2.31 bits per heavy atom. The zero-order valence-electron chi connectivity index (χ0n) is 9.85. The molecule has 3 N–H and O–H groups in total. The quantitative estimate of drug-likeness (QED) is 0.784. The minimum atomic E-state index is -0.570. The smallest absolute Gasteiger partial charge is 0.0810 e. The Kier molecular flexibility index (Phi) is 2.86. The molecule has 0 amide bonds. The van der Waals surface area contributed by atoms with Crippen molar-refractivity contribution < 1.29 is 5.11 Å². The molecule has 2 atom stereocenters. The fourth-order valence-electron chi connectivity index (χ4n) is 2.02. The highest BCUT2D eigenvalue weighted by Crippen LogP contribution is 2.26. The van der Waals surface area contributed by atoms with Crippen LogP contribution in [0.4, 0.5) is 5.69 Å². The number of aromatic nitrogens is 1. The predicted octanol–water partition coefficient (Wildman–Crippen LogP) is 1.06. The summed E-state index contributed by atoms with van der Waals surface area (Å²) < 4.78 is 0. The zero-order chi connectivity index (χ0) is 11.8. The van der Waals surface area contributed by atoms with E-state index in [1.165, 1.54) is 0 Å². The summed E-state index contributed by atoms with van der Waals surface area (Å²) in [6.07, 6.45) is 2.64. The van der Waals surface area contributed by atoms with E-state index in [0.717, 1.165) is 24.3 Å². The summed E-state index contributed by atoms with van der Waals surface area (Å²) in [7, 11) is 0. The van der Waals surface area contributed by atoms with Gasteiger partial charge in [-0.3, -0.25) is 4.98 Å². The lowest BCUT2D eigenvalue weighted by Gasteiger charge is -2.20. The summed E-state index contributed by atoms with van der Waals surface area (Å²) in [4.78, 5) is 6.47. The lowest BCUT2D eigenvalue weighted by atomic mass is 10.1. The molecule has 4 nitrogen and oxygen atoms in total. The molecule has 1 fully saturated rings. The van der Waals surface area contributed by atoms with Crippen LogP contribution in [0.3, 0.4) is 0 Å². The van der Waals surface area contributed by atoms with Gasteiger partial charge in [0.25, 0.3) is 0 Å². The molecule has 1 saturated heterocycles. The Bertz CT molecular complexity index is 359. The molecule has 16 heavy (non-hydrogen) atoms. The first-order valence-electron chi connectivity index (χ1n) is 5.67. The number of hydrogen-bond donors (Lipinski definition) is 2. The van der Waals surface area contributed by atoms with Crippen molar-refractivity contribution in [3.05, 3.63) is 24.0 Å². The molecule has 0 saturated carbocycles. The Morgan fingerprint density at radius 1 is 1.56 bits per heavy atom. The SMILES string of the molecule is CC(N)c1ccc(N2CCC(C)(O)C2)cn1. The number of rotatable bonds is 2. The molecule has 1 aromatic rings. The van der Waals surface area contributed by atoms with Gasteiger partial charge in [-0.15, -0.1) is 0 Å². The van der Waals surface area contributed by atoms with Gasteiger partial charge in [-0.2, -0.15) is 0 Å². The second kappa shape index (κ2) is 4.03. The van der Waals surface area contributed by atoms with Gasteiger partial charge in [-0.05, 0) is 32.4 Å². The van der Waals surface area contributed by atoms with Gasteiger partial charge in [0.15, 0.2) is 0 Å². The van der Waals surface area contributed by atoms with E-state index in [4.69, 9.17) is 5.73 Å². The lowest BCUT2D eigenvalue weighted by Crippen LogP contribution is -2.29. The van der Waals surface area contributed by atoms with Gasteiger partial charge < -0.3 is 15.7 Å². The molecule has 0 aromatic carbocycles. The van der Waals surface area contributed by atoms with Crippen molar-refractivity contribution in [1.29, 1.82) is 0 Å². The van der Waals surface area contributed by atoms with Crippen LogP contribution in [-0.4, -0.2) is 28.8 Å². The maximum atomic E-state index is 9.89. The van der Waals surface area contributed by atoms with Crippen molar-refractivity contribution in [2.45, 2.75) is 31.9 Å². The van der Waals surface area contributed by atoms with Gasteiger partial charge in [-0.1, -0.05) is 0 Å². The van der Waals surface area contributed by atoms with Crippen molar-refractivity contribution in [2.24, 2.45) is 5.73 Å². The molecule has 2 rings (SSSR count). The van der Waals surface area contributed by atoms with Crippen molar-refractivity contribution in [3.8, 4) is 0 Å². The van der Waals surface area contributed by atoms with Gasteiger partial charge in [0, 0.05) is 19.1 Å². The molecule has 0 radical (unpaired) electrons. The van der Waals surface area contributed by atoms with Crippen molar-refractivity contribution in [1.82, 2.24) is 4.98 Å². The Balaban J connectivity index is 2.11. The molecule has 4 heteroatoms. The Morgan fingerprint density at radius 3 is 2.75 bits per heavy atom. The van der Waals surface area contributed by atoms with E-state index in [9.17, 15) is 5.11 Å². The highest BCUT2D eigenvalue weighted by atomic mass is 16.3. The third kappa shape index (κ3) is 2.33. The van der Waals surface area contributed by atoms with E-state index in [0.29, 0.717) is 6.54 Å². The minimum absolute atomic E-state index is 0.0317. The number of anilines is 1. The van der Waals surface area contributed by atoms with Gasteiger partial charge in [0.2, 0.25) is 0 Å². The van der Waals surface area contributed by atoms with Crippen molar-refractivity contribution in [2.75, 3.05) is 18.0 Å². The molecule has 2 unspecified atom stereocenters. The third-order valence-corrected chi connectivity index (χ3v) is 3.05. The molecular formula is C12H19N3O. The van der Waals surface area contributed by atoms with E-state index < -0.39 is 5.60 Å². The Labute approximate surface area is 96.1 Å². The van der Waals surface area contributed by atoms with Crippen LogP contribution in [0.1, 0.15) is 32.0 Å². The van der Waals surface area contributed by atoms with E-state index in [1.807, 2.05) is 32.2 Å². The van der Waals surface area contributed by atoms with E-state index in [-0.39, 0.29) is 6.04 Å². The predicted molar refractivity (Wildman–Crippen MR) is 64.3 cm³/mol. The van der Waals surface area contributed by atoms with E-state index in [1.54, 1.807) is 0 Å². The summed E-state index contributed by atoms with van der Waals surface area (Å²) in [5, 5.41) is 9.89. The summed E-state index contributed by atoms with van der Waals surface area (Å²) in [6, 6.07) is 3.94. The fraction of sp³-hybridized carbons (Fsp3) is 0.583. The number of nitrogens with zero attached hydrogens (tertiary/aromatic N) is 2. The normalized spacial score (nSPS) is 27.1. The monoisotopic (exact) mass is 221 g/mol. The maximum Gasteiger partial charge on any atom is 0.0810 e. The fourth-order valence-corrected chi connectivity index (χ4v) is 2.02. The Hall–Kier alpha value is -1.13. The van der Waals surface area contributed by atoms with E-state index >= 15 is 0 Å². The zero-order valence-corrected chi connectivity index (χ0v) is 9.85.